The van der Waals surface area contributed by atoms with E-state index in [9.17, 15) is 14.4 Å². The lowest BCUT2D eigenvalue weighted by Crippen LogP contribution is -2.47. The minimum Gasteiger partial charge on any atom is -0.363 e. The van der Waals surface area contributed by atoms with Crippen LogP contribution >= 0.6 is 0 Å². The van der Waals surface area contributed by atoms with Gasteiger partial charge in [-0.25, -0.2) is 9.97 Å². The molecule has 0 aliphatic carbocycles. The molecule has 3 aromatic rings. The molecule has 1 aromatic carbocycles. The zero-order valence-electron chi connectivity index (χ0n) is 14.5. The van der Waals surface area contributed by atoms with Crippen molar-refractivity contribution in [2.24, 2.45) is 5.73 Å². The summed E-state index contributed by atoms with van der Waals surface area (Å²) in [5.41, 5.74) is 6.11. The summed E-state index contributed by atoms with van der Waals surface area (Å²) in [4.78, 5) is 47.5. The molecule has 27 heavy (non-hydrogen) atoms. The first-order valence-electron chi connectivity index (χ1n) is 8.20. The van der Waals surface area contributed by atoms with E-state index >= 15 is 0 Å². The number of benzene rings is 1. The summed E-state index contributed by atoms with van der Waals surface area (Å²) in [6.07, 6.45) is 4.68. The molecule has 3 rings (SSSR count). The van der Waals surface area contributed by atoms with Gasteiger partial charge >= 0.3 is 0 Å². The number of Topliss-reactive ketones (excluding diaryl/α,β-unsaturated/α-hetero) is 1. The number of aromatic nitrogens is 4. The summed E-state index contributed by atoms with van der Waals surface area (Å²) in [5, 5.41) is 2.59. The number of imidazole rings is 2. The summed E-state index contributed by atoms with van der Waals surface area (Å²) >= 11 is 0. The first-order chi connectivity index (χ1) is 13.0. The molecule has 138 valence electrons. The largest absolute Gasteiger partial charge is 0.363 e. The van der Waals surface area contributed by atoms with Gasteiger partial charge in [-0.15, -0.1) is 0 Å². The number of aromatic amines is 1. The van der Waals surface area contributed by atoms with Crippen molar-refractivity contribution in [3.8, 4) is 5.95 Å². The number of aryl methyl sites for hydroxylation is 1. The summed E-state index contributed by atoms with van der Waals surface area (Å²) in [7, 11) is 0. The van der Waals surface area contributed by atoms with Crippen molar-refractivity contribution < 1.29 is 14.4 Å². The highest BCUT2D eigenvalue weighted by molar-refractivity contribution is 6.38. The van der Waals surface area contributed by atoms with E-state index in [4.69, 9.17) is 5.73 Å². The minimum atomic E-state index is -1.10. The molecular weight excluding hydrogens is 348 g/mol. The minimum absolute atomic E-state index is 0.141. The van der Waals surface area contributed by atoms with Crippen LogP contribution in [0.1, 0.15) is 21.9 Å². The Bertz CT molecular complexity index is 962. The number of H-pyrrole nitrogens is 1. The number of rotatable bonds is 7. The van der Waals surface area contributed by atoms with Crippen molar-refractivity contribution in [3.63, 3.8) is 0 Å². The van der Waals surface area contributed by atoms with E-state index in [1.54, 1.807) is 43.6 Å². The van der Waals surface area contributed by atoms with Gasteiger partial charge in [0.05, 0.1) is 6.20 Å². The number of amides is 2. The van der Waals surface area contributed by atoms with Crippen LogP contribution in [-0.2, 0) is 16.0 Å². The molecule has 0 radical (unpaired) electrons. The van der Waals surface area contributed by atoms with Gasteiger partial charge in [-0.1, -0.05) is 30.3 Å². The fourth-order valence-electron chi connectivity index (χ4n) is 2.71. The topological polar surface area (TPSA) is 136 Å². The van der Waals surface area contributed by atoms with Crippen LogP contribution in [0, 0.1) is 6.92 Å². The Morgan fingerprint density at radius 3 is 2.59 bits per heavy atom. The van der Waals surface area contributed by atoms with E-state index in [1.807, 2.05) is 6.07 Å². The second kappa shape index (κ2) is 7.65. The highest BCUT2D eigenvalue weighted by Gasteiger charge is 2.27. The van der Waals surface area contributed by atoms with Gasteiger partial charge < -0.3 is 16.0 Å². The van der Waals surface area contributed by atoms with Crippen LogP contribution in [-0.4, -0.2) is 43.2 Å². The molecule has 0 spiro atoms. The Labute approximate surface area is 154 Å². The maximum absolute atomic E-state index is 12.8. The Hall–Kier alpha value is -3.75. The molecule has 9 nitrogen and oxygen atoms in total. The zero-order valence-corrected chi connectivity index (χ0v) is 14.5. The highest BCUT2D eigenvalue weighted by atomic mass is 16.2. The van der Waals surface area contributed by atoms with Crippen molar-refractivity contribution in [3.05, 3.63) is 66.0 Å². The lowest BCUT2D eigenvalue weighted by molar-refractivity contribution is -0.137. The Kier molecular flexibility index (Phi) is 5.11. The van der Waals surface area contributed by atoms with E-state index < -0.39 is 23.6 Å². The summed E-state index contributed by atoms with van der Waals surface area (Å²) in [5.74, 6) is -1.59. The number of carbonyl (C=O) groups is 3. The van der Waals surface area contributed by atoms with Gasteiger partial charge in [0.1, 0.15) is 17.6 Å². The van der Waals surface area contributed by atoms with Crippen LogP contribution in [0.4, 0.5) is 0 Å². The SMILES string of the molecule is Cc1ncc(C(=O)NC(Cc2ccccc2)C(=O)C(N)=O)n1-c1ncc[nH]1. The fourth-order valence-corrected chi connectivity index (χ4v) is 2.71. The third-order valence-corrected chi connectivity index (χ3v) is 4.01. The lowest BCUT2D eigenvalue weighted by Gasteiger charge is -2.17. The first-order valence-corrected chi connectivity index (χ1v) is 8.20. The van der Waals surface area contributed by atoms with Gasteiger partial charge in [0, 0.05) is 18.8 Å². The number of hydrogen-bond donors (Lipinski definition) is 3. The maximum Gasteiger partial charge on any atom is 0.287 e. The monoisotopic (exact) mass is 366 g/mol. The molecule has 2 amide bonds. The number of hydrogen-bond acceptors (Lipinski definition) is 5. The number of nitrogens with one attached hydrogen (secondary N) is 2. The van der Waals surface area contributed by atoms with Crippen molar-refractivity contribution in [1.29, 1.82) is 0 Å². The van der Waals surface area contributed by atoms with Crippen molar-refractivity contribution in [2.75, 3.05) is 0 Å². The Balaban J connectivity index is 1.87. The molecule has 0 aliphatic rings. The predicted molar refractivity (Wildman–Crippen MR) is 96.0 cm³/mol. The first kappa shape index (κ1) is 18.1. The van der Waals surface area contributed by atoms with Gasteiger partial charge in [0.2, 0.25) is 11.7 Å². The van der Waals surface area contributed by atoms with Crippen LogP contribution in [0.25, 0.3) is 5.95 Å². The lowest BCUT2D eigenvalue weighted by atomic mass is 10.0. The molecule has 4 N–H and O–H groups in total. The van der Waals surface area contributed by atoms with E-state index in [1.165, 1.54) is 10.8 Å². The molecule has 9 heteroatoms. The van der Waals surface area contributed by atoms with Gasteiger partial charge in [-0.05, 0) is 12.5 Å². The van der Waals surface area contributed by atoms with E-state index in [2.05, 4.69) is 20.3 Å². The Morgan fingerprint density at radius 2 is 1.96 bits per heavy atom. The van der Waals surface area contributed by atoms with Crippen LogP contribution < -0.4 is 11.1 Å². The number of ketones is 1. The number of primary amides is 1. The number of nitrogens with two attached hydrogens (primary N) is 1. The Morgan fingerprint density at radius 1 is 1.22 bits per heavy atom. The van der Waals surface area contributed by atoms with E-state index in [-0.39, 0.29) is 12.1 Å². The van der Waals surface area contributed by atoms with Crippen LogP contribution in [0.3, 0.4) is 0 Å². The zero-order chi connectivity index (χ0) is 19.4. The molecule has 0 saturated heterocycles. The molecule has 2 aromatic heterocycles. The number of nitrogens with zero attached hydrogens (tertiary/aromatic N) is 3. The normalized spacial score (nSPS) is 11.7. The third kappa shape index (κ3) is 3.92. The summed E-state index contributed by atoms with van der Waals surface area (Å²) in [6, 6.07) is 7.95. The van der Waals surface area contributed by atoms with E-state index in [0.29, 0.717) is 11.8 Å². The highest BCUT2D eigenvalue weighted by Crippen LogP contribution is 2.12. The standard InChI is InChI=1S/C18H18N6O3/c1-11-22-10-14(24(11)18-20-7-8-21-18)17(27)23-13(15(25)16(19)26)9-12-5-3-2-4-6-12/h2-8,10,13H,9H2,1H3,(H2,19,26)(H,20,21)(H,23,27). The molecule has 0 fully saturated rings. The van der Waals surface area contributed by atoms with Crippen LogP contribution in [0.15, 0.2) is 48.9 Å². The summed E-state index contributed by atoms with van der Waals surface area (Å²) < 4.78 is 1.52. The molecule has 0 aliphatic heterocycles. The second-order valence-corrected chi connectivity index (χ2v) is 5.88. The average molecular weight is 366 g/mol. The molecule has 1 unspecified atom stereocenters. The van der Waals surface area contributed by atoms with Crippen LogP contribution in [0.2, 0.25) is 0 Å². The predicted octanol–water partition coefficient (Wildman–Crippen LogP) is 0.299. The van der Waals surface area contributed by atoms with Crippen LogP contribution in [0.5, 0.6) is 0 Å². The second-order valence-electron chi connectivity index (χ2n) is 5.88. The quantitative estimate of drug-likeness (QED) is 0.517. The summed E-state index contributed by atoms with van der Waals surface area (Å²) in [6.45, 7) is 1.72. The average Bonchev–Trinajstić information content (AvgIpc) is 3.30. The smallest absolute Gasteiger partial charge is 0.287 e. The van der Waals surface area contributed by atoms with Crippen molar-refractivity contribution in [1.82, 2.24) is 24.8 Å². The van der Waals surface area contributed by atoms with Gasteiger partial charge in [-0.3, -0.25) is 19.0 Å². The molecule has 1 atom stereocenters. The van der Waals surface area contributed by atoms with Gasteiger partial charge in [0.25, 0.3) is 11.8 Å². The van der Waals surface area contributed by atoms with Crippen molar-refractivity contribution in [2.45, 2.75) is 19.4 Å². The molecule has 2 heterocycles. The van der Waals surface area contributed by atoms with Gasteiger partial charge in [0.15, 0.2) is 0 Å². The third-order valence-electron chi connectivity index (χ3n) is 4.01. The van der Waals surface area contributed by atoms with E-state index in [0.717, 1.165) is 5.56 Å². The number of carbonyl (C=O) groups excluding carboxylic acids is 3. The van der Waals surface area contributed by atoms with Crippen molar-refractivity contribution >= 4 is 17.6 Å². The maximum atomic E-state index is 12.8. The molecule has 0 bridgehead atoms. The fraction of sp³-hybridized carbons (Fsp3) is 0.167. The molecule has 0 saturated carbocycles. The van der Waals surface area contributed by atoms with Gasteiger partial charge in [-0.2, -0.15) is 0 Å². The molecular formula is C18H18N6O3.